The van der Waals surface area contributed by atoms with E-state index in [2.05, 4.69) is 53.0 Å². The first kappa shape index (κ1) is 47.8. The summed E-state index contributed by atoms with van der Waals surface area (Å²) in [6.07, 6.45) is 40.0. The van der Waals surface area contributed by atoms with Gasteiger partial charge in [-0.3, -0.25) is 0 Å². The minimum Gasteiger partial charge on any atom is -1.00 e. The molecule has 0 aromatic carbocycles. The highest BCUT2D eigenvalue weighted by atomic mass is 79.9. The van der Waals surface area contributed by atoms with E-state index in [0.29, 0.717) is 0 Å². The standard InChI is InChI=1S/2C18H39N.2BrH/c2*1-4-5-6-7-8-9-10-11-12-13-14-15-16-17-18(2,3)19;;/h2*4-17,19H2,1-3H3;2*1H. The molecule has 0 heterocycles. The molecular formula is C36H80Br2N2. The van der Waals surface area contributed by atoms with Gasteiger partial charge in [-0.2, -0.15) is 0 Å². The molecule has 2 nitrogen and oxygen atoms in total. The van der Waals surface area contributed by atoms with E-state index in [9.17, 15) is 0 Å². The molecule has 0 aliphatic carbocycles. The van der Waals surface area contributed by atoms with Crippen LogP contribution in [-0.4, -0.2) is 11.1 Å². The van der Waals surface area contributed by atoms with Crippen LogP contribution < -0.4 is 45.4 Å². The van der Waals surface area contributed by atoms with Gasteiger partial charge in [0.2, 0.25) is 0 Å². The molecule has 0 unspecified atom stereocenters. The van der Waals surface area contributed by atoms with Gasteiger partial charge in [0, 0.05) is 12.8 Å². The van der Waals surface area contributed by atoms with Crippen LogP contribution in [0, 0.1) is 0 Å². The van der Waals surface area contributed by atoms with E-state index < -0.39 is 0 Å². The van der Waals surface area contributed by atoms with Crippen molar-refractivity contribution in [1.82, 2.24) is 0 Å². The fraction of sp³-hybridized carbons (Fsp3) is 1.00. The summed E-state index contributed by atoms with van der Waals surface area (Å²) in [4.78, 5) is 0. The lowest BCUT2D eigenvalue weighted by Gasteiger charge is -2.13. The van der Waals surface area contributed by atoms with Gasteiger partial charge in [0.15, 0.2) is 0 Å². The summed E-state index contributed by atoms with van der Waals surface area (Å²) in [7, 11) is 0. The first-order valence-corrected chi connectivity index (χ1v) is 17.8. The highest BCUT2D eigenvalue weighted by Gasteiger charge is 2.13. The molecule has 0 rings (SSSR count). The molecule has 6 N–H and O–H groups in total. The Kier molecular flexibility index (Phi) is 43.1. The molecule has 0 atom stereocenters. The van der Waals surface area contributed by atoms with Gasteiger partial charge < -0.3 is 45.4 Å². The van der Waals surface area contributed by atoms with Crippen molar-refractivity contribution >= 4 is 0 Å². The molecule has 4 heteroatoms. The lowest BCUT2D eigenvalue weighted by atomic mass is 9.97. The zero-order valence-electron chi connectivity index (χ0n) is 29.0. The van der Waals surface area contributed by atoms with E-state index in [-0.39, 0.29) is 45.0 Å². The quantitative estimate of drug-likeness (QED) is 0.108. The van der Waals surface area contributed by atoms with Gasteiger partial charge in [0.05, 0.1) is 11.1 Å². The summed E-state index contributed by atoms with van der Waals surface area (Å²) >= 11 is 0. The molecule has 0 aliphatic heterocycles. The monoisotopic (exact) mass is 698 g/mol. The number of unbranched alkanes of at least 4 members (excludes halogenated alkanes) is 24. The second-order valence-corrected chi connectivity index (χ2v) is 14.3. The van der Waals surface area contributed by atoms with Crippen molar-refractivity contribution in [3.63, 3.8) is 0 Å². The third-order valence-corrected chi connectivity index (χ3v) is 7.91. The molecule has 0 saturated carbocycles. The molecule has 0 aliphatic rings. The molecule has 0 fully saturated rings. The average molecular weight is 701 g/mol. The normalized spacial score (nSPS) is 11.4. The Morgan fingerprint density at radius 1 is 0.300 bits per heavy atom. The predicted molar refractivity (Wildman–Crippen MR) is 175 cm³/mol. The second kappa shape index (κ2) is 36.1. The fourth-order valence-electron chi connectivity index (χ4n) is 5.24. The van der Waals surface area contributed by atoms with E-state index in [4.69, 9.17) is 0 Å². The summed E-state index contributed by atoms with van der Waals surface area (Å²) in [5.74, 6) is 0. The molecule has 0 radical (unpaired) electrons. The number of hydrogen-bond acceptors (Lipinski definition) is 0. The fourth-order valence-corrected chi connectivity index (χ4v) is 5.24. The van der Waals surface area contributed by atoms with Gasteiger partial charge in [-0.15, -0.1) is 0 Å². The van der Waals surface area contributed by atoms with Gasteiger partial charge in [-0.05, 0) is 40.5 Å². The topological polar surface area (TPSA) is 55.3 Å². The smallest absolute Gasteiger partial charge is 0.0889 e. The predicted octanol–water partition coefficient (Wildman–Crippen LogP) is 4.98. The summed E-state index contributed by atoms with van der Waals surface area (Å²) in [6, 6.07) is 0. The zero-order chi connectivity index (χ0) is 28.8. The first-order chi connectivity index (χ1) is 18.1. The van der Waals surface area contributed by atoms with Crippen LogP contribution >= 0.6 is 0 Å². The Bertz CT molecular complexity index is 389. The van der Waals surface area contributed by atoms with Crippen LogP contribution in [0.3, 0.4) is 0 Å². The highest BCUT2D eigenvalue weighted by molar-refractivity contribution is 4.63. The average Bonchev–Trinajstić information content (AvgIpc) is 2.84. The molecule has 0 spiro atoms. The van der Waals surface area contributed by atoms with Crippen molar-refractivity contribution in [2.24, 2.45) is 0 Å². The maximum atomic E-state index is 4.16. The van der Waals surface area contributed by atoms with Crippen LogP contribution in [0.15, 0.2) is 0 Å². The van der Waals surface area contributed by atoms with Crippen LogP contribution in [0.2, 0.25) is 0 Å². The molecule has 0 bridgehead atoms. The Hall–Kier alpha value is 0.880. The summed E-state index contributed by atoms with van der Waals surface area (Å²) in [6.45, 7) is 13.6. The highest BCUT2D eigenvalue weighted by Crippen LogP contribution is 2.16. The Labute approximate surface area is 276 Å². The van der Waals surface area contributed by atoms with E-state index in [1.165, 1.54) is 180 Å². The third kappa shape index (κ3) is 51.6. The van der Waals surface area contributed by atoms with E-state index in [1.807, 2.05) is 0 Å². The van der Waals surface area contributed by atoms with Gasteiger partial charge in [-0.25, -0.2) is 0 Å². The van der Waals surface area contributed by atoms with E-state index >= 15 is 0 Å². The van der Waals surface area contributed by atoms with Gasteiger partial charge in [0.25, 0.3) is 0 Å². The zero-order valence-corrected chi connectivity index (χ0v) is 32.1. The van der Waals surface area contributed by atoms with Crippen LogP contribution in [0.25, 0.3) is 0 Å². The molecular weight excluding hydrogens is 620 g/mol. The number of hydrogen-bond donors (Lipinski definition) is 2. The van der Waals surface area contributed by atoms with Crippen molar-refractivity contribution < 1.29 is 45.4 Å². The number of rotatable bonds is 28. The SMILES string of the molecule is CCCCCCCCCCCCCCCC(C)(C)[NH3+].CCCCCCCCCCCCCCCC(C)(C)[NH3+].[Br-].[Br-]. The molecule has 248 valence electrons. The van der Waals surface area contributed by atoms with Gasteiger partial charge in [0.1, 0.15) is 0 Å². The molecule has 40 heavy (non-hydrogen) atoms. The minimum atomic E-state index is 0. The van der Waals surface area contributed by atoms with Crippen molar-refractivity contribution in [3.8, 4) is 0 Å². The second-order valence-electron chi connectivity index (χ2n) is 14.3. The molecule has 0 amide bonds. The van der Waals surface area contributed by atoms with Crippen LogP contribution in [-0.2, 0) is 0 Å². The maximum absolute atomic E-state index is 4.16. The Balaban J connectivity index is -0.000000309. The first-order valence-electron chi connectivity index (χ1n) is 17.8. The lowest BCUT2D eigenvalue weighted by Crippen LogP contribution is -3.00. The van der Waals surface area contributed by atoms with Gasteiger partial charge in [-0.1, -0.05) is 168 Å². The summed E-state index contributed by atoms with van der Waals surface area (Å²) in [5, 5.41) is 0. The van der Waals surface area contributed by atoms with Crippen molar-refractivity contribution in [2.45, 2.75) is 232 Å². The largest absolute Gasteiger partial charge is 1.00 e. The molecule has 0 aromatic rings. The Morgan fingerprint density at radius 2 is 0.450 bits per heavy atom. The van der Waals surface area contributed by atoms with Gasteiger partial charge >= 0.3 is 0 Å². The van der Waals surface area contributed by atoms with Crippen LogP contribution in [0.1, 0.15) is 221 Å². The van der Waals surface area contributed by atoms with E-state index in [0.717, 1.165) is 0 Å². The number of quaternary nitrogens is 2. The molecule has 0 aromatic heterocycles. The summed E-state index contributed by atoms with van der Waals surface area (Å²) in [5.41, 5.74) is 8.91. The minimum absolute atomic E-state index is 0. The number of halogens is 2. The maximum Gasteiger partial charge on any atom is 0.0889 e. The van der Waals surface area contributed by atoms with Crippen molar-refractivity contribution in [3.05, 3.63) is 0 Å². The van der Waals surface area contributed by atoms with Crippen LogP contribution in [0.5, 0.6) is 0 Å². The van der Waals surface area contributed by atoms with Crippen LogP contribution in [0.4, 0.5) is 0 Å². The van der Waals surface area contributed by atoms with Crippen molar-refractivity contribution in [1.29, 1.82) is 0 Å². The third-order valence-electron chi connectivity index (χ3n) is 7.91. The van der Waals surface area contributed by atoms with Crippen molar-refractivity contribution in [2.75, 3.05) is 0 Å². The molecule has 0 saturated heterocycles. The van der Waals surface area contributed by atoms with E-state index in [1.54, 1.807) is 0 Å². The Morgan fingerprint density at radius 3 is 0.600 bits per heavy atom. The summed E-state index contributed by atoms with van der Waals surface area (Å²) < 4.78 is 0. The lowest BCUT2D eigenvalue weighted by molar-refractivity contribution is -0.468.